The second kappa shape index (κ2) is 8.67. The Hall–Kier alpha value is -1.55. The molecule has 4 nitrogen and oxygen atoms in total. The maximum atomic E-state index is 12.0. The van der Waals surface area contributed by atoms with E-state index in [0.29, 0.717) is 13.2 Å². The summed E-state index contributed by atoms with van der Waals surface area (Å²) in [6, 6.07) is 5.86. The van der Waals surface area contributed by atoms with Crippen molar-refractivity contribution < 1.29 is 14.3 Å². The Morgan fingerprint density at radius 1 is 1.24 bits per heavy atom. The van der Waals surface area contributed by atoms with Crippen molar-refractivity contribution >= 4 is 5.91 Å². The molecule has 1 aromatic rings. The molecule has 1 rings (SSSR count). The zero-order chi connectivity index (χ0) is 15.8. The van der Waals surface area contributed by atoms with E-state index in [-0.39, 0.29) is 12.0 Å². The Bertz CT molecular complexity index is 457. The van der Waals surface area contributed by atoms with Crippen molar-refractivity contribution in [2.24, 2.45) is 0 Å². The fourth-order valence-corrected chi connectivity index (χ4v) is 1.84. The predicted molar refractivity (Wildman–Crippen MR) is 84.7 cm³/mol. The number of aryl methyl sites for hydroxylation is 1. The SMILES string of the molecule is Cc1cccc(O[C@@H](C)C(=O)NCCCOC(C)C)c1C. The van der Waals surface area contributed by atoms with E-state index < -0.39 is 6.10 Å². The van der Waals surface area contributed by atoms with Crippen molar-refractivity contribution in [3.8, 4) is 5.75 Å². The molecule has 0 aliphatic rings. The van der Waals surface area contributed by atoms with E-state index in [1.54, 1.807) is 6.92 Å². The third-order valence-electron chi connectivity index (χ3n) is 3.30. The first-order valence-corrected chi connectivity index (χ1v) is 7.54. The van der Waals surface area contributed by atoms with Gasteiger partial charge in [0, 0.05) is 13.2 Å². The van der Waals surface area contributed by atoms with Gasteiger partial charge in [-0.15, -0.1) is 0 Å². The van der Waals surface area contributed by atoms with Gasteiger partial charge in [-0.2, -0.15) is 0 Å². The molecule has 0 unspecified atom stereocenters. The summed E-state index contributed by atoms with van der Waals surface area (Å²) in [5.41, 5.74) is 2.23. The van der Waals surface area contributed by atoms with Crippen molar-refractivity contribution in [1.82, 2.24) is 5.32 Å². The van der Waals surface area contributed by atoms with Crippen LogP contribution < -0.4 is 10.1 Å². The normalized spacial score (nSPS) is 12.3. The van der Waals surface area contributed by atoms with E-state index >= 15 is 0 Å². The summed E-state index contributed by atoms with van der Waals surface area (Å²) in [6.45, 7) is 11.1. The van der Waals surface area contributed by atoms with Gasteiger partial charge >= 0.3 is 0 Å². The van der Waals surface area contributed by atoms with Crippen molar-refractivity contribution in [2.45, 2.75) is 53.2 Å². The van der Waals surface area contributed by atoms with Crippen LogP contribution in [0.3, 0.4) is 0 Å². The monoisotopic (exact) mass is 293 g/mol. The lowest BCUT2D eigenvalue weighted by Crippen LogP contribution is -2.37. The van der Waals surface area contributed by atoms with Crippen molar-refractivity contribution in [3.05, 3.63) is 29.3 Å². The van der Waals surface area contributed by atoms with Crippen LogP contribution in [0.15, 0.2) is 18.2 Å². The number of ether oxygens (including phenoxy) is 2. The first-order chi connectivity index (χ1) is 9.91. The third-order valence-corrected chi connectivity index (χ3v) is 3.30. The van der Waals surface area contributed by atoms with Crippen LogP contribution in [0, 0.1) is 13.8 Å². The Morgan fingerprint density at radius 2 is 1.95 bits per heavy atom. The van der Waals surface area contributed by atoms with Gasteiger partial charge < -0.3 is 14.8 Å². The molecule has 0 saturated heterocycles. The summed E-state index contributed by atoms with van der Waals surface area (Å²) in [4.78, 5) is 12.0. The van der Waals surface area contributed by atoms with E-state index in [0.717, 1.165) is 23.3 Å². The lowest BCUT2D eigenvalue weighted by atomic mass is 10.1. The molecule has 0 fully saturated rings. The first kappa shape index (κ1) is 17.5. The largest absolute Gasteiger partial charge is 0.481 e. The second-order valence-corrected chi connectivity index (χ2v) is 5.52. The molecule has 0 aliphatic heterocycles. The fraction of sp³-hybridized carbons (Fsp3) is 0.588. The Morgan fingerprint density at radius 3 is 2.62 bits per heavy atom. The Balaban J connectivity index is 2.36. The average Bonchev–Trinajstić information content (AvgIpc) is 2.42. The number of hydrogen-bond donors (Lipinski definition) is 1. The van der Waals surface area contributed by atoms with E-state index in [1.165, 1.54) is 0 Å². The zero-order valence-corrected chi connectivity index (χ0v) is 13.7. The van der Waals surface area contributed by atoms with Gasteiger partial charge in [0.2, 0.25) is 0 Å². The van der Waals surface area contributed by atoms with Crippen LogP contribution in [-0.4, -0.2) is 31.3 Å². The molecule has 0 heterocycles. The van der Waals surface area contributed by atoms with Crippen LogP contribution >= 0.6 is 0 Å². The molecule has 4 heteroatoms. The molecule has 21 heavy (non-hydrogen) atoms. The molecule has 1 N–H and O–H groups in total. The van der Waals surface area contributed by atoms with E-state index in [2.05, 4.69) is 5.32 Å². The second-order valence-electron chi connectivity index (χ2n) is 5.52. The maximum absolute atomic E-state index is 12.0. The van der Waals surface area contributed by atoms with Crippen LogP contribution in [0.4, 0.5) is 0 Å². The predicted octanol–water partition coefficient (Wildman–Crippen LogP) is 3.00. The van der Waals surface area contributed by atoms with Gasteiger partial charge in [0.05, 0.1) is 6.10 Å². The van der Waals surface area contributed by atoms with Crippen LogP contribution in [0.1, 0.15) is 38.3 Å². The number of carbonyl (C=O) groups excluding carboxylic acids is 1. The maximum Gasteiger partial charge on any atom is 0.260 e. The number of benzene rings is 1. The van der Waals surface area contributed by atoms with Gasteiger partial charge in [-0.25, -0.2) is 0 Å². The van der Waals surface area contributed by atoms with E-state index in [4.69, 9.17) is 9.47 Å². The summed E-state index contributed by atoms with van der Waals surface area (Å²) >= 11 is 0. The quantitative estimate of drug-likeness (QED) is 0.750. The zero-order valence-electron chi connectivity index (χ0n) is 13.7. The minimum Gasteiger partial charge on any atom is -0.481 e. The highest BCUT2D eigenvalue weighted by atomic mass is 16.5. The number of rotatable bonds is 8. The summed E-state index contributed by atoms with van der Waals surface area (Å²) in [7, 11) is 0. The fourth-order valence-electron chi connectivity index (χ4n) is 1.84. The topological polar surface area (TPSA) is 47.6 Å². The van der Waals surface area contributed by atoms with Gasteiger partial charge in [-0.05, 0) is 58.2 Å². The third kappa shape index (κ3) is 6.17. The summed E-state index contributed by atoms with van der Waals surface area (Å²) in [5, 5.41) is 2.87. The molecule has 0 bridgehead atoms. The van der Waals surface area contributed by atoms with Gasteiger partial charge in [-0.3, -0.25) is 4.79 Å². The van der Waals surface area contributed by atoms with E-state index in [9.17, 15) is 4.79 Å². The summed E-state index contributed by atoms with van der Waals surface area (Å²) in [6.07, 6.45) is 0.531. The number of carbonyl (C=O) groups is 1. The van der Waals surface area contributed by atoms with E-state index in [1.807, 2.05) is 45.9 Å². The van der Waals surface area contributed by atoms with Gasteiger partial charge in [0.25, 0.3) is 5.91 Å². The standard InChI is InChI=1S/C17H27NO3/c1-12(2)20-11-7-10-18-17(19)15(5)21-16-9-6-8-13(3)14(16)4/h6,8-9,12,15H,7,10-11H2,1-5H3,(H,18,19)/t15-/m0/s1. The van der Waals surface area contributed by atoms with Gasteiger partial charge in [0.1, 0.15) is 5.75 Å². The van der Waals surface area contributed by atoms with Gasteiger partial charge in [-0.1, -0.05) is 12.1 Å². The lowest BCUT2D eigenvalue weighted by Gasteiger charge is -2.17. The van der Waals surface area contributed by atoms with Crippen LogP contribution in [0.2, 0.25) is 0 Å². The van der Waals surface area contributed by atoms with Crippen molar-refractivity contribution in [1.29, 1.82) is 0 Å². The van der Waals surface area contributed by atoms with Crippen molar-refractivity contribution in [2.75, 3.05) is 13.2 Å². The molecule has 118 valence electrons. The molecule has 0 spiro atoms. The first-order valence-electron chi connectivity index (χ1n) is 7.54. The highest BCUT2D eigenvalue weighted by Crippen LogP contribution is 2.21. The minimum atomic E-state index is -0.503. The molecule has 0 aliphatic carbocycles. The molecule has 0 saturated carbocycles. The Kier molecular flexibility index (Phi) is 7.23. The molecule has 0 aromatic heterocycles. The lowest BCUT2D eigenvalue weighted by molar-refractivity contribution is -0.127. The van der Waals surface area contributed by atoms with Crippen LogP contribution in [0.5, 0.6) is 5.75 Å². The Labute approximate surface area is 127 Å². The van der Waals surface area contributed by atoms with Crippen molar-refractivity contribution in [3.63, 3.8) is 0 Å². The smallest absolute Gasteiger partial charge is 0.260 e. The highest BCUT2D eigenvalue weighted by Gasteiger charge is 2.15. The average molecular weight is 293 g/mol. The molecule has 0 radical (unpaired) electrons. The molecule has 1 aromatic carbocycles. The summed E-state index contributed by atoms with van der Waals surface area (Å²) in [5.74, 6) is 0.668. The molecular formula is C17H27NO3. The van der Waals surface area contributed by atoms with Gasteiger partial charge in [0.15, 0.2) is 6.10 Å². The molecule has 1 amide bonds. The molecule has 1 atom stereocenters. The number of amides is 1. The number of hydrogen-bond acceptors (Lipinski definition) is 3. The number of nitrogens with one attached hydrogen (secondary N) is 1. The summed E-state index contributed by atoms with van der Waals surface area (Å²) < 4.78 is 11.2. The highest BCUT2D eigenvalue weighted by molar-refractivity contribution is 5.80. The minimum absolute atomic E-state index is 0.0968. The van der Waals surface area contributed by atoms with Crippen LogP contribution in [0.25, 0.3) is 0 Å². The van der Waals surface area contributed by atoms with Crippen LogP contribution in [-0.2, 0) is 9.53 Å². The molecular weight excluding hydrogens is 266 g/mol.